The Kier molecular flexibility index (Phi) is 4.60. The monoisotopic (exact) mass is 277 g/mol. The maximum atomic E-state index is 11.5. The van der Waals surface area contributed by atoms with E-state index in [4.69, 9.17) is 14.2 Å². The molecule has 1 aliphatic rings. The zero-order valence-electron chi connectivity index (χ0n) is 11.0. The second kappa shape index (κ2) is 6.60. The molecule has 1 N–H and O–H groups in total. The summed E-state index contributed by atoms with van der Waals surface area (Å²) in [7, 11) is 0. The summed E-state index contributed by atoms with van der Waals surface area (Å²) in [6.45, 7) is 2.07. The molecule has 0 aromatic heterocycles. The highest BCUT2D eigenvalue weighted by Crippen LogP contribution is 2.32. The first-order chi connectivity index (χ1) is 9.69. The molecule has 1 amide bonds. The lowest BCUT2D eigenvalue weighted by atomic mass is 10.2. The number of nitrogens with one attached hydrogen (secondary N) is 1. The minimum atomic E-state index is -0.461. The molecule has 20 heavy (non-hydrogen) atoms. The number of hydrogen-bond acceptors (Lipinski definition) is 5. The van der Waals surface area contributed by atoms with Gasteiger partial charge < -0.3 is 19.5 Å². The van der Waals surface area contributed by atoms with Crippen LogP contribution in [-0.2, 0) is 14.3 Å². The van der Waals surface area contributed by atoms with Crippen molar-refractivity contribution in [3.05, 3.63) is 29.8 Å². The van der Waals surface area contributed by atoms with Crippen molar-refractivity contribution in [2.24, 2.45) is 0 Å². The van der Waals surface area contributed by atoms with E-state index in [-0.39, 0.29) is 19.2 Å². The lowest BCUT2D eigenvalue weighted by Gasteiger charge is -2.02. The summed E-state index contributed by atoms with van der Waals surface area (Å²) >= 11 is 0. The van der Waals surface area contributed by atoms with Gasteiger partial charge in [-0.2, -0.15) is 0 Å². The number of benzene rings is 1. The number of fused-ring (bicyclic) bond motifs is 1. The third-order valence-electron chi connectivity index (χ3n) is 2.54. The van der Waals surface area contributed by atoms with Crippen molar-refractivity contribution in [1.82, 2.24) is 5.32 Å². The summed E-state index contributed by atoms with van der Waals surface area (Å²) in [5.74, 6) is 0.515. The van der Waals surface area contributed by atoms with Gasteiger partial charge in [0, 0.05) is 6.08 Å². The minimum absolute atomic E-state index is 0.141. The van der Waals surface area contributed by atoms with Gasteiger partial charge in [-0.25, -0.2) is 0 Å². The molecule has 6 heteroatoms. The fraction of sp³-hybridized carbons (Fsp3) is 0.286. The standard InChI is InChI=1S/C14H15NO5/c1-2-18-14(17)8-15-13(16)6-4-10-3-5-11-12(7-10)20-9-19-11/h3-7H,2,8-9H2,1H3,(H,15,16)/b6-4+. The molecule has 1 heterocycles. The first kappa shape index (κ1) is 13.9. The molecule has 1 aromatic carbocycles. The molecule has 0 saturated carbocycles. The molecular weight excluding hydrogens is 262 g/mol. The van der Waals surface area contributed by atoms with E-state index in [9.17, 15) is 9.59 Å². The van der Waals surface area contributed by atoms with Crippen LogP contribution in [0.1, 0.15) is 12.5 Å². The molecule has 0 bridgehead atoms. The van der Waals surface area contributed by atoms with Crippen molar-refractivity contribution in [3.63, 3.8) is 0 Å². The van der Waals surface area contributed by atoms with Gasteiger partial charge in [0.1, 0.15) is 6.54 Å². The van der Waals surface area contributed by atoms with Crippen LogP contribution in [0, 0.1) is 0 Å². The summed E-state index contributed by atoms with van der Waals surface area (Å²) in [6.07, 6.45) is 2.97. The van der Waals surface area contributed by atoms with E-state index in [1.54, 1.807) is 25.1 Å². The first-order valence-corrected chi connectivity index (χ1v) is 6.20. The van der Waals surface area contributed by atoms with Crippen LogP contribution in [0.4, 0.5) is 0 Å². The van der Waals surface area contributed by atoms with E-state index in [0.29, 0.717) is 18.1 Å². The Morgan fingerprint density at radius 1 is 1.35 bits per heavy atom. The predicted molar refractivity (Wildman–Crippen MR) is 71.2 cm³/mol. The maximum Gasteiger partial charge on any atom is 0.325 e. The van der Waals surface area contributed by atoms with E-state index in [2.05, 4.69) is 5.32 Å². The Bertz CT molecular complexity index is 538. The van der Waals surface area contributed by atoms with E-state index in [1.807, 2.05) is 6.07 Å². The van der Waals surface area contributed by atoms with Crippen molar-refractivity contribution >= 4 is 18.0 Å². The lowest BCUT2D eigenvalue weighted by molar-refractivity contribution is -0.143. The Morgan fingerprint density at radius 2 is 2.15 bits per heavy atom. The highest BCUT2D eigenvalue weighted by molar-refractivity contribution is 5.93. The fourth-order valence-electron chi connectivity index (χ4n) is 1.62. The number of hydrogen-bond donors (Lipinski definition) is 1. The van der Waals surface area contributed by atoms with Gasteiger partial charge in [-0.15, -0.1) is 0 Å². The zero-order chi connectivity index (χ0) is 14.4. The maximum absolute atomic E-state index is 11.5. The van der Waals surface area contributed by atoms with Crippen LogP contribution >= 0.6 is 0 Å². The lowest BCUT2D eigenvalue weighted by Crippen LogP contribution is -2.29. The molecular formula is C14H15NO5. The van der Waals surface area contributed by atoms with Gasteiger partial charge in [0.25, 0.3) is 0 Å². The van der Waals surface area contributed by atoms with Crippen molar-refractivity contribution in [2.45, 2.75) is 6.92 Å². The highest BCUT2D eigenvalue weighted by atomic mass is 16.7. The van der Waals surface area contributed by atoms with Crippen LogP contribution in [0.15, 0.2) is 24.3 Å². The highest BCUT2D eigenvalue weighted by Gasteiger charge is 2.12. The normalized spacial score (nSPS) is 12.4. The second-order valence-electron chi connectivity index (χ2n) is 3.97. The number of carbonyl (C=O) groups excluding carboxylic acids is 2. The third-order valence-corrected chi connectivity index (χ3v) is 2.54. The molecule has 0 fully saturated rings. The van der Waals surface area contributed by atoms with Crippen molar-refractivity contribution in [1.29, 1.82) is 0 Å². The quantitative estimate of drug-likeness (QED) is 0.644. The van der Waals surface area contributed by atoms with Crippen LogP contribution in [0.2, 0.25) is 0 Å². The summed E-state index contributed by atoms with van der Waals surface area (Å²) in [4.78, 5) is 22.6. The van der Waals surface area contributed by atoms with Crippen LogP contribution < -0.4 is 14.8 Å². The van der Waals surface area contributed by atoms with Crippen LogP contribution in [-0.4, -0.2) is 31.8 Å². The SMILES string of the molecule is CCOC(=O)CNC(=O)/C=C/c1ccc2c(c1)OCO2. The van der Waals surface area contributed by atoms with E-state index >= 15 is 0 Å². The van der Waals surface area contributed by atoms with Crippen LogP contribution in [0.25, 0.3) is 6.08 Å². The summed E-state index contributed by atoms with van der Waals surface area (Å²) in [5, 5.41) is 2.43. The largest absolute Gasteiger partial charge is 0.465 e. The molecule has 1 aromatic rings. The Balaban J connectivity index is 1.86. The molecule has 0 spiro atoms. The number of ether oxygens (including phenoxy) is 3. The minimum Gasteiger partial charge on any atom is -0.465 e. The molecule has 0 radical (unpaired) electrons. The van der Waals surface area contributed by atoms with Gasteiger partial charge in [-0.3, -0.25) is 9.59 Å². The molecule has 106 valence electrons. The van der Waals surface area contributed by atoms with Crippen molar-refractivity contribution in [2.75, 3.05) is 19.9 Å². The van der Waals surface area contributed by atoms with Crippen molar-refractivity contribution in [3.8, 4) is 11.5 Å². The molecule has 6 nitrogen and oxygen atoms in total. The molecule has 1 aliphatic heterocycles. The van der Waals surface area contributed by atoms with Crippen molar-refractivity contribution < 1.29 is 23.8 Å². The zero-order valence-corrected chi connectivity index (χ0v) is 11.0. The predicted octanol–water partition coefficient (Wildman–Crippen LogP) is 1.11. The molecule has 0 unspecified atom stereocenters. The Morgan fingerprint density at radius 3 is 2.95 bits per heavy atom. The van der Waals surface area contributed by atoms with E-state index in [1.165, 1.54) is 6.08 Å². The Labute approximate surface area is 116 Å². The average molecular weight is 277 g/mol. The molecule has 2 rings (SSSR count). The van der Waals surface area contributed by atoms with Gasteiger partial charge in [0.2, 0.25) is 12.7 Å². The Hall–Kier alpha value is -2.50. The smallest absolute Gasteiger partial charge is 0.325 e. The summed E-state index contributed by atoms with van der Waals surface area (Å²) in [5.41, 5.74) is 0.806. The van der Waals surface area contributed by atoms with Gasteiger partial charge in [-0.05, 0) is 30.7 Å². The van der Waals surface area contributed by atoms with E-state index < -0.39 is 5.97 Å². The summed E-state index contributed by atoms with van der Waals surface area (Å²) in [6, 6.07) is 5.36. The van der Waals surface area contributed by atoms with Gasteiger partial charge in [0.05, 0.1) is 6.61 Å². The van der Waals surface area contributed by atoms with Crippen LogP contribution in [0.5, 0.6) is 11.5 Å². The number of rotatable bonds is 5. The topological polar surface area (TPSA) is 73.9 Å². The summed E-state index contributed by atoms with van der Waals surface area (Å²) < 4.78 is 15.1. The average Bonchev–Trinajstić information content (AvgIpc) is 2.90. The van der Waals surface area contributed by atoms with Gasteiger partial charge in [0.15, 0.2) is 11.5 Å². The fourth-order valence-corrected chi connectivity index (χ4v) is 1.62. The van der Waals surface area contributed by atoms with Crippen LogP contribution in [0.3, 0.4) is 0 Å². The molecule has 0 atom stereocenters. The first-order valence-electron chi connectivity index (χ1n) is 6.20. The second-order valence-corrected chi connectivity index (χ2v) is 3.97. The number of carbonyl (C=O) groups is 2. The van der Waals surface area contributed by atoms with Gasteiger partial charge in [-0.1, -0.05) is 6.07 Å². The number of amides is 1. The molecule has 0 aliphatic carbocycles. The molecule has 0 saturated heterocycles. The van der Waals surface area contributed by atoms with E-state index in [0.717, 1.165) is 5.56 Å². The number of esters is 1. The third kappa shape index (κ3) is 3.74. The van der Waals surface area contributed by atoms with Gasteiger partial charge >= 0.3 is 5.97 Å².